The summed E-state index contributed by atoms with van der Waals surface area (Å²) in [5, 5.41) is 0. The molecule has 6 nitrogen and oxygen atoms in total. The van der Waals surface area contributed by atoms with Crippen molar-refractivity contribution in [2.75, 3.05) is 10.5 Å². The van der Waals surface area contributed by atoms with Gasteiger partial charge in [0.25, 0.3) is 10.0 Å². The molecule has 0 aromatic carbocycles. The molecule has 7 heteroatoms. The zero-order valence-corrected chi connectivity index (χ0v) is 10.5. The highest BCUT2D eigenvalue weighted by Gasteiger charge is 2.14. The van der Waals surface area contributed by atoms with Gasteiger partial charge in [0.2, 0.25) is 0 Å². The van der Waals surface area contributed by atoms with Crippen molar-refractivity contribution in [1.29, 1.82) is 0 Å². The van der Waals surface area contributed by atoms with Gasteiger partial charge in [0, 0.05) is 18.0 Å². The van der Waals surface area contributed by atoms with Gasteiger partial charge in [-0.2, -0.15) is 0 Å². The quantitative estimate of drug-likeness (QED) is 0.867. The molecule has 0 aliphatic rings. The summed E-state index contributed by atoms with van der Waals surface area (Å²) in [7, 11) is -3.66. The minimum atomic E-state index is -3.66. The molecule has 0 spiro atoms. The van der Waals surface area contributed by atoms with Crippen LogP contribution in [0, 0.1) is 6.92 Å². The van der Waals surface area contributed by atoms with E-state index in [4.69, 9.17) is 5.73 Å². The molecule has 18 heavy (non-hydrogen) atoms. The zero-order valence-electron chi connectivity index (χ0n) is 9.66. The van der Waals surface area contributed by atoms with E-state index in [1.165, 1.54) is 24.5 Å². The number of pyridine rings is 2. The van der Waals surface area contributed by atoms with Crippen molar-refractivity contribution in [1.82, 2.24) is 9.97 Å². The number of sulfonamides is 1. The summed E-state index contributed by atoms with van der Waals surface area (Å²) in [5.74, 6) is 0.153. The first kappa shape index (κ1) is 12.3. The number of hydrogen-bond donors (Lipinski definition) is 2. The summed E-state index contributed by atoms with van der Waals surface area (Å²) in [6.45, 7) is 1.82. The molecule has 0 saturated carbocycles. The van der Waals surface area contributed by atoms with Gasteiger partial charge in [0.1, 0.15) is 5.82 Å². The Morgan fingerprint density at radius 2 is 2.00 bits per heavy atom. The van der Waals surface area contributed by atoms with Crippen LogP contribution in [-0.2, 0) is 10.0 Å². The first-order valence-corrected chi connectivity index (χ1v) is 6.63. The molecule has 0 aliphatic heterocycles. The second-order valence-electron chi connectivity index (χ2n) is 3.71. The van der Waals surface area contributed by atoms with Gasteiger partial charge < -0.3 is 5.73 Å². The second-order valence-corrected chi connectivity index (χ2v) is 5.39. The van der Waals surface area contributed by atoms with Crippen LogP contribution >= 0.6 is 0 Å². The fourth-order valence-corrected chi connectivity index (χ4v) is 2.40. The third-order valence-electron chi connectivity index (χ3n) is 2.23. The molecule has 0 amide bonds. The number of nitrogens with two attached hydrogens (primary N) is 1. The van der Waals surface area contributed by atoms with Crippen LogP contribution in [0.15, 0.2) is 41.6 Å². The first-order chi connectivity index (χ1) is 8.47. The van der Waals surface area contributed by atoms with Crippen molar-refractivity contribution in [3.8, 4) is 0 Å². The van der Waals surface area contributed by atoms with E-state index in [9.17, 15) is 8.42 Å². The fraction of sp³-hybridized carbons (Fsp3) is 0.0909. The fourth-order valence-electron chi connectivity index (χ4n) is 1.34. The Labute approximate surface area is 105 Å². The third-order valence-corrected chi connectivity index (χ3v) is 3.61. The number of rotatable bonds is 3. The summed E-state index contributed by atoms with van der Waals surface area (Å²) in [5.41, 5.74) is 6.66. The number of nitrogen functional groups attached to an aromatic ring is 1. The van der Waals surface area contributed by atoms with Crippen molar-refractivity contribution in [2.24, 2.45) is 0 Å². The van der Waals surface area contributed by atoms with Crippen LogP contribution in [0.2, 0.25) is 0 Å². The molecule has 2 aromatic heterocycles. The van der Waals surface area contributed by atoms with E-state index in [1.807, 2.05) is 6.92 Å². The van der Waals surface area contributed by atoms with Crippen LogP contribution in [0.5, 0.6) is 0 Å². The van der Waals surface area contributed by atoms with E-state index < -0.39 is 10.0 Å². The van der Waals surface area contributed by atoms with Crippen molar-refractivity contribution >= 4 is 21.5 Å². The minimum Gasteiger partial charge on any atom is -0.384 e. The number of anilines is 2. The highest BCUT2D eigenvalue weighted by atomic mass is 32.2. The number of nitrogens with one attached hydrogen (secondary N) is 1. The topological polar surface area (TPSA) is 98.0 Å². The molecule has 0 fully saturated rings. The SMILES string of the molecule is Cc1ccc(NS(=O)(=O)c2ccnc(N)c2)cn1. The number of hydrogen-bond acceptors (Lipinski definition) is 5. The largest absolute Gasteiger partial charge is 0.384 e. The van der Waals surface area contributed by atoms with E-state index >= 15 is 0 Å². The number of aryl methyl sites for hydroxylation is 1. The maximum atomic E-state index is 12.0. The van der Waals surface area contributed by atoms with Crippen molar-refractivity contribution in [3.05, 3.63) is 42.4 Å². The highest BCUT2D eigenvalue weighted by Crippen LogP contribution is 2.16. The maximum absolute atomic E-state index is 12.0. The lowest BCUT2D eigenvalue weighted by Gasteiger charge is -2.08. The number of nitrogens with zero attached hydrogens (tertiary/aromatic N) is 2. The van der Waals surface area contributed by atoms with Crippen molar-refractivity contribution < 1.29 is 8.42 Å². The lowest BCUT2D eigenvalue weighted by molar-refractivity contribution is 0.601. The normalized spacial score (nSPS) is 11.2. The lowest BCUT2D eigenvalue weighted by Crippen LogP contribution is -2.13. The molecule has 94 valence electrons. The van der Waals surface area contributed by atoms with Crippen LogP contribution in [0.3, 0.4) is 0 Å². The summed E-state index contributed by atoms with van der Waals surface area (Å²) >= 11 is 0. The summed E-state index contributed by atoms with van der Waals surface area (Å²) in [4.78, 5) is 7.82. The predicted molar refractivity (Wildman–Crippen MR) is 68.4 cm³/mol. The van der Waals surface area contributed by atoms with Crippen LogP contribution in [0.25, 0.3) is 0 Å². The molecule has 0 radical (unpaired) electrons. The molecule has 3 N–H and O–H groups in total. The van der Waals surface area contributed by atoms with Gasteiger partial charge in [-0.15, -0.1) is 0 Å². The second kappa shape index (κ2) is 4.61. The van der Waals surface area contributed by atoms with Gasteiger partial charge in [0.15, 0.2) is 0 Å². The Morgan fingerprint density at radius 1 is 1.22 bits per heavy atom. The van der Waals surface area contributed by atoms with Gasteiger partial charge in [-0.25, -0.2) is 13.4 Å². The maximum Gasteiger partial charge on any atom is 0.262 e. The van der Waals surface area contributed by atoms with Gasteiger partial charge >= 0.3 is 0 Å². The standard InChI is InChI=1S/C11H12N4O2S/c1-8-2-3-9(7-14-8)15-18(16,17)10-4-5-13-11(12)6-10/h2-7,15H,1H3,(H2,12,13). The Bertz CT molecular complexity index is 653. The van der Waals surface area contributed by atoms with Crippen LogP contribution in [0.1, 0.15) is 5.69 Å². The molecule has 2 aromatic rings. The van der Waals surface area contributed by atoms with Crippen LogP contribution in [-0.4, -0.2) is 18.4 Å². The molecular formula is C11H12N4O2S. The van der Waals surface area contributed by atoms with E-state index in [2.05, 4.69) is 14.7 Å². The molecule has 0 unspecified atom stereocenters. The highest BCUT2D eigenvalue weighted by molar-refractivity contribution is 7.92. The molecular weight excluding hydrogens is 252 g/mol. The van der Waals surface area contributed by atoms with Gasteiger partial charge in [-0.05, 0) is 25.1 Å². The average molecular weight is 264 g/mol. The minimum absolute atomic E-state index is 0.0653. The molecule has 0 bridgehead atoms. The van der Waals surface area contributed by atoms with Gasteiger partial charge in [-0.3, -0.25) is 9.71 Å². The van der Waals surface area contributed by atoms with Crippen LogP contribution in [0.4, 0.5) is 11.5 Å². The summed E-state index contributed by atoms with van der Waals surface area (Å²) in [6.07, 6.45) is 2.80. The summed E-state index contributed by atoms with van der Waals surface area (Å²) in [6, 6.07) is 6.04. The summed E-state index contributed by atoms with van der Waals surface area (Å²) < 4.78 is 26.4. The molecule has 0 atom stereocenters. The Hall–Kier alpha value is -2.15. The first-order valence-electron chi connectivity index (χ1n) is 5.14. The molecule has 2 heterocycles. The Kier molecular flexibility index (Phi) is 3.15. The van der Waals surface area contributed by atoms with E-state index in [1.54, 1.807) is 12.1 Å². The van der Waals surface area contributed by atoms with Crippen molar-refractivity contribution in [3.63, 3.8) is 0 Å². The van der Waals surface area contributed by atoms with E-state index in [-0.39, 0.29) is 10.7 Å². The van der Waals surface area contributed by atoms with E-state index in [0.29, 0.717) is 5.69 Å². The van der Waals surface area contributed by atoms with Gasteiger partial charge in [0.05, 0.1) is 16.8 Å². The Morgan fingerprint density at radius 3 is 2.61 bits per heavy atom. The van der Waals surface area contributed by atoms with Crippen molar-refractivity contribution in [2.45, 2.75) is 11.8 Å². The monoisotopic (exact) mass is 264 g/mol. The number of aromatic nitrogens is 2. The van der Waals surface area contributed by atoms with Crippen LogP contribution < -0.4 is 10.5 Å². The molecule has 2 rings (SSSR count). The predicted octanol–water partition coefficient (Wildman–Crippen LogP) is 1.17. The average Bonchev–Trinajstić information content (AvgIpc) is 2.32. The molecule has 0 saturated heterocycles. The lowest BCUT2D eigenvalue weighted by atomic mass is 10.4. The molecule has 0 aliphatic carbocycles. The zero-order chi connectivity index (χ0) is 13.2. The smallest absolute Gasteiger partial charge is 0.262 e. The third kappa shape index (κ3) is 2.75. The van der Waals surface area contributed by atoms with E-state index in [0.717, 1.165) is 5.69 Å². The Balaban J connectivity index is 2.30. The van der Waals surface area contributed by atoms with Gasteiger partial charge in [-0.1, -0.05) is 0 Å².